The lowest BCUT2D eigenvalue weighted by Gasteiger charge is -2.38. The molecule has 6 nitrogen and oxygen atoms in total. The van der Waals surface area contributed by atoms with Gasteiger partial charge in [0.25, 0.3) is 5.56 Å². The van der Waals surface area contributed by atoms with Gasteiger partial charge in [-0.3, -0.25) is 14.2 Å². The van der Waals surface area contributed by atoms with Crippen LogP contribution in [0, 0.1) is 12.8 Å². The second-order valence-electron chi connectivity index (χ2n) is 6.93. The molecule has 2 aliphatic heterocycles. The first-order valence-corrected chi connectivity index (χ1v) is 10.4. The minimum Gasteiger partial charge on any atom is -0.368 e. The van der Waals surface area contributed by atoms with Crippen molar-refractivity contribution in [3.8, 4) is 0 Å². The van der Waals surface area contributed by atoms with Crippen LogP contribution in [0.5, 0.6) is 0 Å². The molecule has 1 amide bonds. The molecule has 0 aliphatic carbocycles. The number of rotatable bonds is 2. The van der Waals surface area contributed by atoms with Gasteiger partial charge in [-0.05, 0) is 24.6 Å². The molecule has 0 radical (unpaired) electrons. The van der Waals surface area contributed by atoms with E-state index in [1.165, 1.54) is 29.6 Å². The molecule has 2 aliphatic rings. The standard InChI is InChI=1S/C19H21ClN4O2S/c1-13-2-3-15(20)10-16(13)22-6-8-23(9-7-22)18(26)14-11-24-17(25)4-5-21-19(24)27-12-14/h2-5,10,14H,6-9,11-12H2,1H3. The molecular weight excluding hydrogens is 384 g/mol. The zero-order valence-corrected chi connectivity index (χ0v) is 16.7. The van der Waals surface area contributed by atoms with E-state index in [1.54, 1.807) is 4.57 Å². The van der Waals surface area contributed by atoms with E-state index in [2.05, 4.69) is 16.8 Å². The Bertz CT molecular complexity index is 924. The monoisotopic (exact) mass is 404 g/mol. The number of amides is 1. The van der Waals surface area contributed by atoms with Crippen molar-refractivity contribution >= 4 is 35.0 Å². The van der Waals surface area contributed by atoms with Crippen molar-refractivity contribution in [2.45, 2.75) is 18.6 Å². The van der Waals surface area contributed by atoms with Crippen LogP contribution in [-0.2, 0) is 11.3 Å². The lowest BCUT2D eigenvalue weighted by Crippen LogP contribution is -2.52. The van der Waals surface area contributed by atoms with Gasteiger partial charge in [0.05, 0.1) is 5.92 Å². The SMILES string of the molecule is Cc1ccc(Cl)cc1N1CCN(C(=O)C2CSc3nccc(=O)n3C2)CC1. The molecule has 1 unspecified atom stereocenters. The number of aryl methyl sites for hydroxylation is 1. The second-order valence-corrected chi connectivity index (χ2v) is 8.35. The summed E-state index contributed by atoms with van der Waals surface area (Å²) in [6, 6.07) is 7.36. The molecule has 1 aromatic heterocycles. The first-order valence-electron chi connectivity index (χ1n) is 9.01. The highest BCUT2D eigenvalue weighted by molar-refractivity contribution is 7.99. The van der Waals surface area contributed by atoms with Gasteiger partial charge in [0.2, 0.25) is 5.91 Å². The third-order valence-corrected chi connectivity index (χ3v) is 6.56. The number of carbonyl (C=O) groups is 1. The summed E-state index contributed by atoms with van der Waals surface area (Å²) in [6.45, 7) is 5.42. The second kappa shape index (κ2) is 7.56. The van der Waals surface area contributed by atoms with Crippen molar-refractivity contribution in [1.82, 2.24) is 14.5 Å². The van der Waals surface area contributed by atoms with Gasteiger partial charge in [-0.15, -0.1) is 0 Å². The van der Waals surface area contributed by atoms with Crippen LogP contribution in [0.2, 0.25) is 5.02 Å². The molecule has 1 fully saturated rings. The van der Waals surface area contributed by atoms with E-state index in [0.29, 0.717) is 30.5 Å². The lowest BCUT2D eigenvalue weighted by atomic mass is 10.1. The van der Waals surface area contributed by atoms with E-state index >= 15 is 0 Å². The van der Waals surface area contributed by atoms with Gasteiger partial charge < -0.3 is 9.80 Å². The molecule has 1 saturated heterocycles. The van der Waals surface area contributed by atoms with E-state index in [9.17, 15) is 9.59 Å². The van der Waals surface area contributed by atoms with Crippen molar-refractivity contribution in [3.63, 3.8) is 0 Å². The molecule has 3 heterocycles. The number of nitrogens with zero attached hydrogens (tertiary/aromatic N) is 4. The van der Waals surface area contributed by atoms with Crippen LogP contribution in [0.1, 0.15) is 5.56 Å². The van der Waals surface area contributed by atoms with Gasteiger partial charge in [-0.25, -0.2) is 4.98 Å². The number of fused-ring (bicyclic) bond motifs is 1. The fourth-order valence-electron chi connectivity index (χ4n) is 3.65. The molecule has 2 aromatic rings. The van der Waals surface area contributed by atoms with E-state index < -0.39 is 0 Å². The lowest BCUT2D eigenvalue weighted by molar-refractivity contribution is -0.135. The number of aromatic nitrogens is 2. The first-order chi connectivity index (χ1) is 13.0. The number of hydrogen-bond acceptors (Lipinski definition) is 5. The summed E-state index contributed by atoms with van der Waals surface area (Å²) in [6.07, 6.45) is 1.53. The molecule has 1 atom stereocenters. The smallest absolute Gasteiger partial charge is 0.254 e. The topological polar surface area (TPSA) is 58.4 Å². The highest BCUT2D eigenvalue weighted by atomic mass is 35.5. The molecule has 1 aromatic carbocycles. The highest BCUT2D eigenvalue weighted by Gasteiger charge is 2.31. The molecule has 0 bridgehead atoms. The normalized spacial score (nSPS) is 19.7. The van der Waals surface area contributed by atoms with Crippen molar-refractivity contribution in [2.24, 2.45) is 5.92 Å². The summed E-state index contributed by atoms with van der Waals surface area (Å²) >= 11 is 7.63. The van der Waals surface area contributed by atoms with Crippen LogP contribution in [0.4, 0.5) is 5.69 Å². The minimum absolute atomic E-state index is 0.0914. The number of hydrogen-bond donors (Lipinski definition) is 0. The maximum atomic E-state index is 13.0. The molecule has 142 valence electrons. The summed E-state index contributed by atoms with van der Waals surface area (Å²) in [5.74, 6) is 0.623. The Morgan fingerprint density at radius 2 is 2.00 bits per heavy atom. The van der Waals surface area contributed by atoms with Gasteiger partial charge in [0.1, 0.15) is 0 Å². The summed E-state index contributed by atoms with van der Waals surface area (Å²) in [4.78, 5) is 33.4. The van der Waals surface area contributed by atoms with Crippen LogP contribution in [0.3, 0.4) is 0 Å². The zero-order chi connectivity index (χ0) is 19.0. The molecule has 0 saturated carbocycles. The van der Waals surface area contributed by atoms with Crippen LogP contribution in [-0.4, -0.2) is 52.3 Å². The summed E-state index contributed by atoms with van der Waals surface area (Å²) in [5.41, 5.74) is 2.23. The largest absolute Gasteiger partial charge is 0.368 e. The predicted octanol–water partition coefficient (Wildman–Crippen LogP) is 2.28. The molecule has 4 rings (SSSR count). The maximum Gasteiger partial charge on any atom is 0.254 e. The van der Waals surface area contributed by atoms with E-state index in [1.807, 2.05) is 23.1 Å². The molecule has 27 heavy (non-hydrogen) atoms. The van der Waals surface area contributed by atoms with Gasteiger partial charge in [0, 0.05) is 61.4 Å². The summed E-state index contributed by atoms with van der Waals surface area (Å²) in [7, 11) is 0. The highest BCUT2D eigenvalue weighted by Crippen LogP contribution is 2.28. The number of anilines is 1. The Balaban J connectivity index is 1.41. The van der Waals surface area contributed by atoms with Crippen LogP contribution in [0.25, 0.3) is 0 Å². The Morgan fingerprint density at radius 1 is 1.22 bits per heavy atom. The maximum absolute atomic E-state index is 13.0. The van der Waals surface area contributed by atoms with Crippen molar-refractivity contribution in [1.29, 1.82) is 0 Å². The average molecular weight is 405 g/mol. The van der Waals surface area contributed by atoms with Crippen molar-refractivity contribution in [3.05, 3.63) is 51.4 Å². The van der Waals surface area contributed by atoms with Gasteiger partial charge in [-0.2, -0.15) is 0 Å². The van der Waals surface area contributed by atoms with Crippen molar-refractivity contribution < 1.29 is 4.79 Å². The van der Waals surface area contributed by atoms with Gasteiger partial charge in [0.15, 0.2) is 5.16 Å². The molecule has 0 spiro atoms. The number of carbonyl (C=O) groups excluding carboxylic acids is 1. The number of halogens is 1. The van der Waals surface area contributed by atoms with E-state index in [0.717, 1.165) is 23.8 Å². The predicted molar refractivity (Wildman–Crippen MR) is 108 cm³/mol. The van der Waals surface area contributed by atoms with E-state index in [-0.39, 0.29) is 17.4 Å². The van der Waals surface area contributed by atoms with E-state index in [4.69, 9.17) is 11.6 Å². The van der Waals surface area contributed by atoms with Gasteiger partial charge >= 0.3 is 0 Å². The first kappa shape index (κ1) is 18.4. The summed E-state index contributed by atoms with van der Waals surface area (Å²) < 4.78 is 1.61. The third-order valence-electron chi connectivity index (χ3n) is 5.17. The van der Waals surface area contributed by atoms with Crippen LogP contribution in [0.15, 0.2) is 40.4 Å². The number of piperazine rings is 1. The average Bonchev–Trinajstić information content (AvgIpc) is 2.69. The Morgan fingerprint density at radius 3 is 2.78 bits per heavy atom. The quantitative estimate of drug-likeness (QED) is 0.719. The Labute approximate surface area is 167 Å². The van der Waals surface area contributed by atoms with Crippen LogP contribution < -0.4 is 10.5 Å². The van der Waals surface area contributed by atoms with Gasteiger partial charge in [-0.1, -0.05) is 29.4 Å². The molecule has 0 N–H and O–H groups in total. The zero-order valence-electron chi connectivity index (χ0n) is 15.1. The third kappa shape index (κ3) is 3.71. The Kier molecular flexibility index (Phi) is 5.14. The van der Waals surface area contributed by atoms with Crippen molar-refractivity contribution in [2.75, 3.05) is 36.8 Å². The number of thioether (sulfide) groups is 1. The molecule has 8 heteroatoms. The molecular formula is C19H21ClN4O2S. The number of benzene rings is 1. The fourth-order valence-corrected chi connectivity index (χ4v) is 4.87. The summed E-state index contributed by atoms with van der Waals surface area (Å²) in [5, 5.41) is 1.43. The fraction of sp³-hybridized carbons (Fsp3) is 0.421. The van der Waals surface area contributed by atoms with Crippen LogP contribution >= 0.6 is 23.4 Å². The Hall–Kier alpha value is -1.99. The minimum atomic E-state index is -0.177.